The predicted octanol–water partition coefficient (Wildman–Crippen LogP) is 1.97. The van der Waals surface area contributed by atoms with Crippen molar-refractivity contribution >= 4 is 22.6 Å². The lowest BCUT2D eigenvalue weighted by Gasteiger charge is -2.33. The summed E-state index contributed by atoms with van der Waals surface area (Å²) in [4.78, 5) is 14.1. The van der Waals surface area contributed by atoms with Crippen LogP contribution in [0.3, 0.4) is 0 Å². The summed E-state index contributed by atoms with van der Waals surface area (Å²) in [6.07, 6.45) is 6.19. The summed E-state index contributed by atoms with van der Waals surface area (Å²) >= 11 is 0. The van der Waals surface area contributed by atoms with Crippen molar-refractivity contribution in [2.24, 2.45) is 4.99 Å². The predicted molar refractivity (Wildman–Crippen MR) is 127 cm³/mol. The van der Waals surface area contributed by atoms with Crippen LogP contribution in [0.25, 0.3) is 0 Å². The molecule has 1 aromatic rings. The number of aliphatic imine (C=N–C) groups is 1. The van der Waals surface area contributed by atoms with Crippen molar-refractivity contribution in [1.29, 1.82) is 0 Å². The first kappa shape index (κ1) is 23.0. The van der Waals surface area contributed by atoms with E-state index in [0.29, 0.717) is 17.8 Å². The molecule has 1 aliphatic carbocycles. The van der Waals surface area contributed by atoms with Crippen LogP contribution < -0.4 is 15.5 Å². The Morgan fingerprint density at radius 1 is 1.27 bits per heavy atom. The first-order valence-electron chi connectivity index (χ1n) is 11.4. The van der Waals surface area contributed by atoms with Gasteiger partial charge in [-0.05, 0) is 50.9 Å². The maximum Gasteiger partial charge on any atom is 0.191 e. The minimum absolute atomic E-state index is 0.315. The van der Waals surface area contributed by atoms with Crippen LogP contribution in [0.1, 0.15) is 45.1 Å². The van der Waals surface area contributed by atoms with Crippen molar-refractivity contribution in [3.63, 3.8) is 0 Å². The number of anilines is 1. The molecule has 2 aliphatic rings. The first-order chi connectivity index (χ1) is 14.6. The van der Waals surface area contributed by atoms with Gasteiger partial charge in [0.15, 0.2) is 5.96 Å². The molecule has 3 rings (SSSR count). The fraction of sp³-hybridized carbons (Fsp3) is 0.727. The Labute approximate surface area is 184 Å². The van der Waals surface area contributed by atoms with Crippen molar-refractivity contribution in [2.75, 3.05) is 50.4 Å². The van der Waals surface area contributed by atoms with Gasteiger partial charge in [0.05, 0.1) is 6.54 Å². The molecule has 0 aromatic carbocycles. The van der Waals surface area contributed by atoms with Gasteiger partial charge >= 0.3 is 0 Å². The fourth-order valence-electron chi connectivity index (χ4n) is 4.20. The number of likely N-dealkylation sites (N-methyl/N-ethyl adjacent to an activating group) is 1. The largest absolute Gasteiger partial charge is 0.357 e. The van der Waals surface area contributed by atoms with E-state index in [-0.39, 0.29) is 0 Å². The van der Waals surface area contributed by atoms with Gasteiger partial charge in [-0.25, -0.2) is 9.98 Å². The van der Waals surface area contributed by atoms with E-state index in [1.807, 2.05) is 19.2 Å². The molecule has 8 heteroatoms. The highest BCUT2D eigenvalue weighted by molar-refractivity contribution is 7.85. The Morgan fingerprint density at radius 3 is 2.80 bits per heavy atom. The summed E-state index contributed by atoms with van der Waals surface area (Å²) < 4.78 is 12.2. The van der Waals surface area contributed by atoms with Crippen LogP contribution in [0.15, 0.2) is 23.3 Å². The van der Waals surface area contributed by atoms with Crippen LogP contribution in [0.5, 0.6) is 0 Å². The number of pyridine rings is 1. The van der Waals surface area contributed by atoms with Crippen LogP contribution in [0.2, 0.25) is 0 Å². The summed E-state index contributed by atoms with van der Waals surface area (Å²) in [5.41, 5.74) is 1.17. The summed E-state index contributed by atoms with van der Waals surface area (Å²) in [6, 6.07) is 4.56. The zero-order valence-corrected chi connectivity index (χ0v) is 19.6. The van der Waals surface area contributed by atoms with Crippen molar-refractivity contribution in [2.45, 2.75) is 57.4 Å². The molecule has 2 N–H and O–H groups in total. The van der Waals surface area contributed by atoms with Crippen molar-refractivity contribution in [3.8, 4) is 0 Å². The molecule has 2 heterocycles. The monoisotopic (exact) mass is 434 g/mol. The zero-order chi connectivity index (χ0) is 21.3. The van der Waals surface area contributed by atoms with Gasteiger partial charge in [-0.1, -0.05) is 13.3 Å². The first-order valence-corrected chi connectivity index (χ1v) is 12.8. The lowest BCUT2D eigenvalue weighted by atomic mass is 9.95. The SMILES string of the molecule is CCNC(=NCc1ccnc(N2CCN(C)CC2)c1)NC1CCCC(S(=O)CC)C1. The molecular formula is C22H38N6OS. The summed E-state index contributed by atoms with van der Waals surface area (Å²) in [7, 11) is 1.46. The molecule has 0 radical (unpaired) electrons. The summed E-state index contributed by atoms with van der Waals surface area (Å²) in [5, 5.41) is 7.28. The standard InChI is InChI=1S/C22H38N6OS/c1-4-23-22(26-19-7-6-8-20(16-19)30(29)5-2)25-17-18-9-10-24-21(15-18)28-13-11-27(3)12-14-28/h9-10,15,19-20H,4-8,11-14,16-17H2,1-3H3,(H2,23,25,26). The van der Waals surface area contributed by atoms with Crippen molar-refractivity contribution in [3.05, 3.63) is 23.9 Å². The van der Waals surface area contributed by atoms with Crippen LogP contribution in [-0.4, -0.2) is 76.9 Å². The second-order valence-corrected chi connectivity index (χ2v) is 10.3. The van der Waals surface area contributed by atoms with Crippen LogP contribution >= 0.6 is 0 Å². The van der Waals surface area contributed by atoms with Gasteiger partial charge < -0.3 is 20.4 Å². The molecule has 1 aromatic heterocycles. The van der Waals surface area contributed by atoms with E-state index < -0.39 is 10.8 Å². The third-order valence-electron chi connectivity index (χ3n) is 6.02. The van der Waals surface area contributed by atoms with E-state index in [9.17, 15) is 4.21 Å². The van der Waals surface area contributed by atoms with Gasteiger partial charge in [0, 0.05) is 66.8 Å². The molecule has 2 fully saturated rings. The van der Waals surface area contributed by atoms with E-state index in [1.54, 1.807) is 0 Å². The lowest BCUT2D eigenvalue weighted by molar-refractivity contribution is 0.312. The van der Waals surface area contributed by atoms with Crippen LogP contribution in [0, 0.1) is 0 Å². The van der Waals surface area contributed by atoms with E-state index >= 15 is 0 Å². The van der Waals surface area contributed by atoms with Gasteiger partial charge in [0.2, 0.25) is 0 Å². The van der Waals surface area contributed by atoms with E-state index in [4.69, 9.17) is 4.99 Å². The van der Waals surface area contributed by atoms with Gasteiger partial charge in [-0.3, -0.25) is 4.21 Å². The number of piperazine rings is 1. The number of nitrogens with zero attached hydrogens (tertiary/aromatic N) is 4. The third-order valence-corrected chi connectivity index (χ3v) is 7.77. The molecule has 168 valence electrons. The summed E-state index contributed by atoms with van der Waals surface area (Å²) in [5.74, 6) is 2.65. The number of rotatable bonds is 7. The maximum atomic E-state index is 12.2. The van der Waals surface area contributed by atoms with Gasteiger partial charge in [0.1, 0.15) is 5.82 Å². The van der Waals surface area contributed by atoms with Crippen molar-refractivity contribution < 1.29 is 4.21 Å². The highest BCUT2D eigenvalue weighted by Crippen LogP contribution is 2.23. The average molecular weight is 435 g/mol. The fourth-order valence-corrected chi connectivity index (χ4v) is 5.55. The molecule has 7 nitrogen and oxygen atoms in total. The number of hydrogen-bond donors (Lipinski definition) is 2. The molecule has 3 unspecified atom stereocenters. The number of hydrogen-bond acceptors (Lipinski definition) is 5. The molecule has 1 saturated heterocycles. The average Bonchev–Trinajstić information content (AvgIpc) is 2.78. The number of guanidine groups is 1. The number of aromatic nitrogens is 1. The van der Waals surface area contributed by atoms with E-state index in [1.165, 1.54) is 5.56 Å². The Kier molecular flexibility index (Phi) is 8.93. The molecule has 1 aliphatic heterocycles. The molecule has 0 spiro atoms. The quantitative estimate of drug-likeness (QED) is 0.505. The molecule has 0 amide bonds. The molecule has 30 heavy (non-hydrogen) atoms. The Bertz CT molecular complexity index is 719. The van der Waals surface area contributed by atoms with Gasteiger partial charge in [-0.2, -0.15) is 0 Å². The van der Waals surface area contributed by atoms with Crippen molar-refractivity contribution in [1.82, 2.24) is 20.5 Å². The Balaban J connectivity index is 1.60. The van der Waals surface area contributed by atoms with E-state index in [2.05, 4.69) is 45.5 Å². The highest BCUT2D eigenvalue weighted by Gasteiger charge is 2.26. The molecular weight excluding hydrogens is 396 g/mol. The second kappa shape index (κ2) is 11.6. The number of nitrogens with one attached hydrogen (secondary N) is 2. The highest BCUT2D eigenvalue weighted by atomic mass is 32.2. The zero-order valence-electron chi connectivity index (χ0n) is 18.8. The maximum absolute atomic E-state index is 12.2. The molecule has 3 atom stereocenters. The Hall–Kier alpha value is -1.67. The third kappa shape index (κ3) is 6.67. The molecule has 1 saturated carbocycles. The second-order valence-electron chi connectivity index (χ2n) is 8.31. The normalized spacial score (nSPS) is 24.5. The summed E-state index contributed by atoms with van der Waals surface area (Å²) in [6.45, 7) is 9.73. The lowest BCUT2D eigenvalue weighted by Crippen LogP contribution is -2.46. The molecule has 0 bridgehead atoms. The van der Waals surface area contributed by atoms with Gasteiger partial charge in [-0.15, -0.1) is 0 Å². The van der Waals surface area contributed by atoms with E-state index in [0.717, 1.165) is 75.9 Å². The Morgan fingerprint density at radius 2 is 2.07 bits per heavy atom. The minimum Gasteiger partial charge on any atom is -0.357 e. The van der Waals surface area contributed by atoms with Crippen LogP contribution in [-0.2, 0) is 17.3 Å². The minimum atomic E-state index is -0.709. The van der Waals surface area contributed by atoms with Gasteiger partial charge in [0.25, 0.3) is 0 Å². The smallest absolute Gasteiger partial charge is 0.191 e. The van der Waals surface area contributed by atoms with Crippen LogP contribution in [0.4, 0.5) is 5.82 Å². The topological polar surface area (TPSA) is 72.9 Å².